The van der Waals surface area contributed by atoms with Crippen LogP contribution in [-0.4, -0.2) is 36.2 Å². The van der Waals surface area contributed by atoms with Crippen LogP contribution in [0, 0.1) is 0 Å². The number of benzene rings is 2. The maximum Gasteiger partial charge on any atom is 0.254 e. The Balaban J connectivity index is 1.58. The molecule has 144 valence electrons. The molecule has 0 radical (unpaired) electrons. The first-order valence-corrected chi connectivity index (χ1v) is 9.23. The van der Waals surface area contributed by atoms with Gasteiger partial charge in [0.05, 0.1) is 26.3 Å². The lowest BCUT2D eigenvalue weighted by atomic mass is 10.1. The number of methoxy groups -OCH3 is 2. The zero-order chi connectivity index (χ0) is 19.5. The third-order valence-corrected chi connectivity index (χ3v) is 4.83. The van der Waals surface area contributed by atoms with Crippen LogP contribution in [0.1, 0.15) is 28.9 Å². The van der Waals surface area contributed by atoms with Gasteiger partial charge in [-0.15, -0.1) is 0 Å². The predicted molar refractivity (Wildman–Crippen MR) is 104 cm³/mol. The second kappa shape index (κ2) is 7.76. The first kappa shape index (κ1) is 18.1. The number of carbonyl (C=O) groups is 1. The second-order valence-electron chi connectivity index (χ2n) is 6.78. The largest absolute Gasteiger partial charge is 0.497 e. The topological polar surface area (TPSA) is 64.8 Å². The molecule has 6 heteroatoms. The minimum absolute atomic E-state index is 0.0200. The van der Waals surface area contributed by atoms with Crippen molar-refractivity contribution in [1.82, 2.24) is 10.1 Å². The maximum absolute atomic E-state index is 12.9. The van der Waals surface area contributed by atoms with Crippen LogP contribution in [0.15, 0.2) is 59.1 Å². The van der Waals surface area contributed by atoms with Gasteiger partial charge < -0.3 is 18.9 Å². The molecule has 2 aromatic carbocycles. The van der Waals surface area contributed by atoms with Gasteiger partial charge in [0.25, 0.3) is 5.91 Å². The second-order valence-corrected chi connectivity index (χ2v) is 6.78. The molecule has 1 aliphatic rings. The molecule has 3 aromatic rings. The third-order valence-electron chi connectivity index (χ3n) is 4.83. The van der Waals surface area contributed by atoms with E-state index in [1.165, 1.54) is 0 Å². The standard InChI is InChI=1S/C22H22N2O4/c1-26-18-10-11-20(27-2)19(13-18)21-12-16(23-28-21)14-24(17-8-9-17)22(25)15-6-4-3-5-7-15/h3-7,10-13,17H,8-9,14H2,1-2H3. The fourth-order valence-electron chi connectivity index (χ4n) is 3.19. The number of aromatic nitrogens is 1. The lowest BCUT2D eigenvalue weighted by Gasteiger charge is -2.21. The average Bonchev–Trinajstić information content (AvgIpc) is 3.49. The highest BCUT2D eigenvalue weighted by Gasteiger charge is 2.33. The van der Waals surface area contributed by atoms with Crippen molar-refractivity contribution in [3.63, 3.8) is 0 Å². The predicted octanol–water partition coefficient (Wildman–Crippen LogP) is 4.16. The van der Waals surface area contributed by atoms with Gasteiger partial charge >= 0.3 is 0 Å². The summed E-state index contributed by atoms with van der Waals surface area (Å²) in [6.07, 6.45) is 2.04. The normalized spacial score (nSPS) is 13.2. The molecule has 0 N–H and O–H groups in total. The Kier molecular flexibility index (Phi) is 5.02. The SMILES string of the molecule is COc1ccc(OC)c(-c2cc(CN(C(=O)c3ccccc3)C3CC3)no2)c1. The summed E-state index contributed by atoms with van der Waals surface area (Å²) in [6, 6.07) is 17.0. The summed E-state index contributed by atoms with van der Waals surface area (Å²) < 4.78 is 16.3. The van der Waals surface area contributed by atoms with Crippen LogP contribution >= 0.6 is 0 Å². The molecule has 1 heterocycles. The highest BCUT2D eigenvalue weighted by atomic mass is 16.5. The van der Waals surface area contributed by atoms with Gasteiger partial charge in [0, 0.05) is 17.7 Å². The fourth-order valence-corrected chi connectivity index (χ4v) is 3.19. The van der Waals surface area contributed by atoms with Crippen molar-refractivity contribution in [2.45, 2.75) is 25.4 Å². The Morgan fingerprint density at radius 1 is 1.11 bits per heavy atom. The quantitative estimate of drug-likeness (QED) is 0.618. The number of hydrogen-bond donors (Lipinski definition) is 0. The van der Waals surface area contributed by atoms with Gasteiger partial charge in [-0.1, -0.05) is 23.4 Å². The smallest absolute Gasteiger partial charge is 0.254 e. The molecular formula is C22H22N2O4. The molecule has 1 amide bonds. The van der Waals surface area contributed by atoms with Crippen molar-refractivity contribution in [3.05, 3.63) is 65.9 Å². The Bertz CT molecular complexity index is 964. The molecule has 1 aromatic heterocycles. The number of hydrogen-bond acceptors (Lipinski definition) is 5. The summed E-state index contributed by atoms with van der Waals surface area (Å²) in [5, 5.41) is 4.18. The van der Waals surface area contributed by atoms with Crippen molar-refractivity contribution >= 4 is 5.91 Å². The number of amides is 1. The highest BCUT2D eigenvalue weighted by molar-refractivity contribution is 5.94. The lowest BCUT2D eigenvalue weighted by Crippen LogP contribution is -2.32. The van der Waals surface area contributed by atoms with Crippen LogP contribution in [0.25, 0.3) is 11.3 Å². The summed E-state index contributed by atoms with van der Waals surface area (Å²) in [6.45, 7) is 0.411. The van der Waals surface area contributed by atoms with Gasteiger partial charge in [0.15, 0.2) is 5.76 Å². The average molecular weight is 378 g/mol. The van der Waals surface area contributed by atoms with E-state index < -0.39 is 0 Å². The van der Waals surface area contributed by atoms with Crippen LogP contribution in [-0.2, 0) is 6.54 Å². The number of ether oxygens (including phenoxy) is 2. The van der Waals surface area contributed by atoms with Gasteiger partial charge in [-0.25, -0.2) is 0 Å². The number of nitrogens with zero attached hydrogens (tertiary/aromatic N) is 2. The van der Waals surface area contributed by atoms with E-state index in [2.05, 4.69) is 5.16 Å². The maximum atomic E-state index is 12.9. The first-order valence-electron chi connectivity index (χ1n) is 9.23. The molecule has 0 atom stereocenters. The van der Waals surface area contributed by atoms with Crippen molar-refractivity contribution in [3.8, 4) is 22.8 Å². The van der Waals surface area contributed by atoms with E-state index in [9.17, 15) is 4.79 Å². The lowest BCUT2D eigenvalue weighted by molar-refractivity contribution is 0.0726. The van der Waals surface area contributed by atoms with Gasteiger partial charge in [0.2, 0.25) is 0 Å². The van der Waals surface area contributed by atoms with Gasteiger partial charge in [-0.3, -0.25) is 4.79 Å². The van der Waals surface area contributed by atoms with E-state index in [-0.39, 0.29) is 11.9 Å². The number of rotatable bonds is 7. The molecule has 1 saturated carbocycles. The zero-order valence-electron chi connectivity index (χ0n) is 15.9. The minimum Gasteiger partial charge on any atom is -0.497 e. The van der Waals surface area contributed by atoms with E-state index in [0.717, 1.165) is 18.4 Å². The van der Waals surface area contributed by atoms with Gasteiger partial charge in [-0.05, 0) is 43.2 Å². The van der Waals surface area contributed by atoms with E-state index in [1.807, 2.05) is 59.5 Å². The van der Waals surface area contributed by atoms with E-state index in [4.69, 9.17) is 14.0 Å². The Morgan fingerprint density at radius 2 is 1.89 bits per heavy atom. The van der Waals surface area contributed by atoms with E-state index in [0.29, 0.717) is 35.1 Å². The molecule has 1 aliphatic carbocycles. The summed E-state index contributed by atoms with van der Waals surface area (Å²) in [5.74, 6) is 1.97. The molecule has 0 saturated heterocycles. The molecule has 28 heavy (non-hydrogen) atoms. The molecule has 0 spiro atoms. The van der Waals surface area contributed by atoms with Crippen molar-refractivity contribution in [2.24, 2.45) is 0 Å². The molecule has 0 unspecified atom stereocenters. The van der Waals surface area contributed by atoms with Crippen LogP contribution < -0.4 is 9.47 Å². The van der Waals surface area contributed by atoms with Crippen molar-refractivity contribution in [1.29, 1.82) is 0 Å². The highest BCUT2D eigenvalue weighted by Crippen LogP contribution is 2.35. The Morgan fingerprint density at radius 3 is 2.57 bits per heavy atom. The Labute approximate surface area is 163 Å². The monoisotopic (exact) mass is 378 g/mol. The van der Waals surface area contributed by atoms with Crippen LogP contribution in [0.4, 0.5) is 0 Å². The van der Waals surface area contributed by atoms with Crippen LogP contribution in [0.2, 0.25) is 0 Å². The molecule has 6 nitrogen and oxygen atoms in total. The van der Waals surface area contributed by atoms with E-state index >= 15 is 0 Å². The van der Waals surface area contributed by atoms with Crippen molar-refractivity contribution < 1.29 is 18.8 Å². The first-order chi connectivity index (χ1) is 13.7. The van der Waals surface area contributed by atoms with Crippen molar-refractivity contribution in [2.75, 3.05) is 14.2 Å². The zero-order valence-corrected chi connectivity index (χ0v) is 15.9. The summed E-state index contributed by atoms with van der Waals surface area (Å²) in [4.78, 5) is 14.8. The van der Waals surface area contributed by atoms with Crippen LogP contribution in [0.3, 0.4) is 0 Å². The molecule has 4 rings (SSSR count). The molecule has 0 bridgehead atoms. The minimum atomic E-state index is 0.0200. The van der Waals surface area contributed by atoms with Gasteiger partial charge in [-0.2, -0.15) is 0 Å². The molecule has 1 fully saturated rings. The summed E-state index contributed by atoms with van der Waals surface area (Å²) >= 11 is 0. The van der Waals surface area contributed by atoms with Gasteiger partial charge in [0.1, 0.15) is 17.2 Å². The number of carbonyl (C=O) groups excluding carboxylic acids is 1. The summed E-state index contributed by atoms with van der Waals surface area (Å²) in [5.41, 5.74) is 2.15. The summed E-state index contributed by atoms with van der Waals surface area (Å²) in [7, 11) is 3.22. The Hall–Kier alpha value is -3.28. The van der Waals surface area contributed by atoms with E-state index in [1.54, 1.807) is 14.2 Å². The fraction of sp³-hybridized carbons (Fsp3) is 0.273. The molecular weight excluding hydrogens is 356 g/mol. The van der Waals surface area contributed by atoms with Crippen LogP contribution in [0.5, 0.6) is 11.5 Å². The molecule has 0 aliphatic heterocycles. The third kappa shape index (κ3) is 3.71.